The van der Waals surface area contributed by atoms with Crippen molar-refractivity contribution in [1.29, 1.82) is 0 Å². The zero-order valence-electron chi connectivity index (χ0n) is 18.0. The van der Waals surface area contributed by atoms with Crippen molar-refractivity contribution in [2.75, 3.05) is 7.11 Å². The Hall–Kier alpha value is -3.58. The number of phenols is 1. The molecule has 2 heterocycles. The molecular formula is C26H20BrNO5. The summed E-state index contributed by atoms with van der Waals surface area (Å²) < 4.78 is 12.0. The number of carbonyl (C=O) groups is 1. The maximum Gasteiger partial charge on any atom is 0.291 e. The van der Waals surface area contributed by atoms with Gasteiger partial charge < -0.3 is 19.2 Å². The van der Waals surface area contributed by atoms with Crippen molar-refractivity contribution in [2.45, 2.75) is 19.5 Å². The summed E-state index contributed by atoms with van der Waals surface area (Å²) in [4.78, 5) is 28.8. The molecule has 0 fully saturated rings. The molecule has 0 saturated carbocycles. The van der Waals surface area contributed by atoms with Crippen LogP contribution < -0.4 is 10.2 Å². The maximum atomic E-state index is 13.6. The third-order valence-electron chi connectivity index (χ3n) is 5.92. The lowest BCUT2D eigenvalue weighted by molar-refractivity contribution is 0.0714. The van der Waals surface area contributed by atoms with Gasteiger partial charge in [-0.15, -0.1) is 0 Å². The molecule has 1 atom stereocenters. The Morgan fingerprint density at radius 2 is 1.82 bits per heavy atom. The van der Waals surface area contributed by atoms with E-state index < -0.39 is 6.04 Å². The number of amides is 1. The topological polar surface area (TPSA) is 80.0 Å². The number of hydrogen-bond donors (Lipinski definition) is 1. The standard InChI is InChI=1S/C26H20BrNO5/c1-14-3-5-15(6-4-14)13-28-23(16-7-9-19(29)21(11-16)32-2)22-24(30)18-12-17(27)8-10-20(18)33-25(22)26(28)31/h3-12,23,29H,13H2,1-2H3/t23-/m0/s1. The van der Waals surface area contributed by atoms with E-state index in [4.69, 9.17) is 9.15 Å². The van der Waals surface area contributed by atoms with Crippen LogP contribution in [0.3, 0.4) is 0 Å². The third-order valence-corrected chi connectivity index (χ3v) is 6.41. The maximum absolute atomic E-state index is 13.6. The van der Waals surface area contributed by atoms with Gasteiger partial charge in [-0.1, -0.05) is 51.8 Å². The Kier molecular flexibility index (Phi) is 5.21. The van der Waals surface area contributed by atoms with E-state index in [0.29, 0.717) is 16.5 Å². The molecule has 5 rings (SSSR count). The van der Waals surface area contributed by atoms with E-state index in [1.54, 1.807) is 35.2 Å². The van der Waals surface area contributed by atoms with Crippen LogP contribution in [0.2, 0.25) is 0 Å². The zero-order chi connectivity index (χ0) is 23.3. The van der Waals surface area contributed by atoms with Crippen LogP contribution in [0.5, 0.6) is 11.5 Å². The number of nitrogens with zero attached hydrogens (tertiary/aromatic N) is 1. The van der Waals surface area contributed by atoms with Crippen molar-refractivity contribution in [2.24, 2.45) is 0 Å². The van der Waals surface area contributed by atoms with Crippen molar-refractivity contribution in [3.63, 3.8) is 0 Å². The molecule has 1 aliphatic heterocycles. The lowest BCUT2D eigenvalue weighted by Crippen LogP contribution is -2.29. The lowest BCUT2D eigenvalue weighted by atomic mass is 9.97. The summed E-state index contributed by atoms with van der Waals surface area (Å²) in [6, 6.07) is 17.2. The first-order valence-corrected chi connectivity index (χ1v) is 11.2. The summed E-state index contributed by atoms with van der Waals surface area (Å²) in [7, 11) is 1.45. The molecule has 6 nitrogen and oxygen atoms in total. The minimum Gasteiger partial charge on any atom is -0.504 e. The highest BCUT2D eigenvalue weighted by Crippen LogP contribution is 2.41. The van der Waals surface area contributed by atoms with Crippen molar-refractivity contribution in [1.82, 2.24) is 4.90 Å². The molecule has 1 N–H and O–H groups in total. The van der Waals surface area contributed by atoms with Crippen LogP contribution in [0.25, 0.3) is 11.0 Å². The molecule has 4 aromatic rings. The first kappa shape index (κ1) is 21.3. The Morgan fingerprint density at radius 3 is 2.55 bits per heavy atom. The number of carbonyl (C=O) groups excluding carboxylic acids is 1. The van der Waals surface area contributed by atoms with Crippen LogP contribution in [0.1, 0.15) is 38.9 Å². The van der Waals surface area contributed by atoms with Gasteiger partial charge in [0.25, 0.3) is 5.91 Å². The van der Waals surface area contributed by atoms with E-state index in [0.717, 1.165) is 15.6 Å². The van der Waals surface area contributed by atoms with E-state index in [2.05, 4.69) is 15.9 Å². The molecule has 1 amide bonds. The van der Waals surface area contributed by atoms with E-state index in [1.165, 1.54) is 13.2 Å². The number of fused-ring (bicyclic) bond motifs is 2. The summed E-state index contributed by atoms with van der Waals surface area (Å²) in [5.74, 6) is -0.0783. The Morgan fingerprint density at radius 1 is 1.06 bits per heavy atom. The van der Waals surface area contributed by atoms with E-state index in [-0.39, 0.29) is 40.7 Å². The summed E-state index contributed by atoms with van der Waals surface area (Å²) in [5, 5.41) is 10.5. The molecule has 166 valence electrons. The van der Waals surface area contributed by atoms with Gasteiger partial charge in [0.2, 0.25) is 5.76 Å². The number of hydrogen-bond acceptors (Lipinski definition) is 5. The average Bonchev–Trinajstić information content (AvgIpc) is 3.08. The van der Waals surface area contributed by atoms with Crippen molar-refractivity contribution < 1.29 is 19.1 Å². The van der Waals surface area contributed by atoms with Gasteiger partial charge in [-0.3, -0.25) is 9.59 Å². The summed E-state index contributed by atoms with van der Waals surface area (Å²) >= 11 is 3.41. The van der Waals surface area contributed by atoms with Crippen LogP contribution in [0, 0.1) is 6.92 Å². The van der Waals surface area contributed by atoms with Gasteiger partial charge >= 0.3 is 0 Å². The molecule has 0 spiro atoms. The Labute approximate surface area is 198 Å². The minimum atomic E-state index is -0.692. The molecule has 0 saturated heterocycles. The highest BCUT2D eigenvalue weighted by Gasteiger charge is 2.43. The van der Waals surface area contributed by atoms with Gasteiger partial charge in [-0.2, -0.15) is 0 Å². The second-order valence-corrected chi connectivity index (χ2v) is 8.98. The molecule has 0 unspecified atom stereocenters. The average molecular weight is 506 g/mol. The number of benzene rings is 3. The normalized spacial score (nSPS) is 15.2. The molecule has 0 radical (unpaired) electrons. The Balaban J connectivity index is 1.73. The summed E-state index contributed by atoms with van der Waals surface area (Å²) in [6.07, 6.45) is 0. The fourth-order valence-electron chi connectivity index (χ4n) is 4.26. The van der Waals surface area contributed by atoms with Crippen molar-refractivity contribution >= 4 is 32.8 Å². The summed E-state index contributed by atoms with van der Waals surface area (Å²) in [6.45, 7) is 2.29. The molecule has 7 heteroatoms. The summed E-state index contributed by atoms with van der Waals surface area (Å²) in [5.41, 5.74) is 3.07. The van der Waals surface area contributed by atoms with Crippen LogP contribution in [0.15, 0.2) is 74.3 Å². The number of halogens is 1. The first-order valence-electron chi connectivity index (χ1n) is 10.4. The van der Waals surface area contributed by atoms with Crippen LogP contribution >= 0.6 is 15.9 Å². The molecule has 33 heavy (non-hydrogen) atoms. The van der Waals surface area contributed by atoms with Gasteiger partial charge in [0.1, 0.15) is 5.58 Å². The number of rotatable bonds is 4. The number of phenolic OH excluding ortho intramolecular Hbond substituents is 1. The van der Waals surface area contributed by atoms with E-state index >= 15 is 0 Å². The lowest BCUT2D eigenvalue weighted by Gasteiger charge is -2.25. The zero-order valence-corrected chi connectivity index (χ0v) is 19.5. The molecule has 0 aliphatic carbocycles. The smallest absolute Gasteiger partial charge is 0.291 e. The van der Waals surface area contributed by atoms with Crippen molar-refractivity contribution in [3.05, 3.63) is 103 Å². The minimum absolute atomic E-state index is 0.0228. The number of ether oxygens (including phenoxy) is 1. The fourth-order valence-corrected chi connectivity index (χ4v) is 4.62. The SMILES string of the molecule is COc1cc([C@H]2c3c(oc4ccc(Br)cc4c3=O)C(=O)N2Cc2ccc(C)cc2)ccc1O. The predicted molar refractivity (Wildman–Crippen MR) is 128 cm³/mol. The van der Waals surface area contributed by atoms with Crippen LogP contribution in [-0.4, -0.2) is 23.0 Å². The van der Waals surface area contributed by atoms with E-state index in [9.17, 15) is 14.7 Å². The molecule has 3 aromatic carbocycles. The second kappa shape index (κ2) is 8.08. The molecular weight excluding hydrogens is 486 g/mol. The third kappa shape index (κ3) is 3.58. The van der Waals surface area contributed by atoms with Crippen LogP contribution in [0.4, 0.5) is 0 Å². The van der Waals surface area contributed by atoms with Gasteiger partial charge in [0, 0.05) is 11.0 Å². The first-order chi connectivity index (χ1) is 15.9. The van der Waals surface area contributed by atoms with Crippen molar-refractivity contribution in [3.8, 4) is 11.5 Å². The van der Waals surface area contributed by atoms with Crippen LogP contribution in [-0.2, 0) is 6.54 Å². The van der Waals surface area contributed by atoms with Gasteiger partial charge in [-0.05, 0) is 48.4 Å². The molecule has 0 bridgehead atoms. The number of methoxy groups -OCH3 is 1. The number of aryl methyl sites for hydroxylation is 1. The molecule has 1 aliphatic rings. The van der Waals surface area contributed by atoms with Gasteiger partial charge in [-0.25, -0.2) is 0 Å². The fraction of sp³-hybridized carbons (Fsp3) is 0.154. The van der Waals surface area contributed by atoms with Gasteiger partial charge in [0.15, 0.2) is 16.9 Å². The number of aromatic hydroxyl groups is 1. The highest BCUT2D eigenvalue weighted by molar-refractivity contribution is 9.10. The quantitative estimate of drug-likeness (QED) is 0.405. The molecule has 1 aromatic heterocycles. The Bertz CT molecular complexity index is 1460. The van der Waals surface area contributed by atoms with Gasteiger partial charge in [0.05, 0.1) is 24.1 Å². The predicted octanol–water partition coefficient (Wildman–Crippen LogP) is 5.32. The van der Waals surface area contributed by atoms with E-state index in [1.807, 2.05) is 31.2 Å². The second-order valence-electron chi connectivity index (χ2n) is 8.07. The highest BCUT2D eigenvalue weighted by atomic mass is 79.9. The monoisotopic (exact) mass is 505 g/mol. The largest absolute Gasteiger partial charge is 0.504 e.